The van der Waals surface area contributed by atoms with Crippen LogP contribution in [0.25, 0.3) is 0 Å². The lowest BCUT2D eigenvalue weighted by Crippen LogP contribution is -2.05. The second-order valence-corrected chi connectivity index (χ2v) is 4.54. The van der Waals surface area contributed by atoms with Crippen LogP contribution in [0.15, 0.2) is 16.6 Å². The van der Waals surface area contributed by atoms with Gasteiger partial charge in [-0.05, 0) is 19.4 Å². The molecular formula is C11H14BrNO4. The number of nitro groups is 1. The molecule has 0 radical (unpaired) electrons. The van der Waals surface area contributed by atoms with E-state index in [1.165, 1.54) is 6.07 Å². The molecule has 0 aliphatic rings. The molecule has 0 saturated carbocycles. The zero-order valence-corrected chi connectivity index (χ0v) is 11.2. The van der Waals surface area contributed by atoms with E-state index in [4.69, 9.17) is 4.74 Å². The van der Waals surface area contributed by atoms with E-state index >= 15 is 0 Å². The third-order valence-corrected chi connectivity index (χ3v) is 2.62. The maximum Gasteiger partial charge on any atom is 0.312 e. The third-order valence-electron chi connectivity index (χ3n) is 2.16. The van der Waals surface area contributed by atoms with Crippen molar-refractivity contribution in [1.82, 2.24) is 0 Å². The Kier molecular flexibility index (Phi) is 4.89. The van der Waals surface area contributed by atoms with Gasteiger partial charge in [-0.3, -0.25) is 10.1 Å². The van der Waals surface area contributed by atoms with Crippen LogP contribution in [-0.4, -0.2) is 16.6 Å². The molecule has 0 heterocycles. The summed E-state index contributed by atoms with van der Waals surface area (Å²) in [6.45, 7) is 3.83. The Morgan fingerprint density at radius 2 is 2.24 bits per heavy atom. The van der Waals surface area contributed by atoms with Crippen molar-refractivity contribution in [3.8, 4) is 5.75 Å². The molecule has 1 aromatic carbocycles. The molecule has 1 aromatic rings. The molecule has 1 rings (SSSR count). The van der Waals surface area contributed by atoms with Crippen LogP contribution in [0, 0.1) is 10.1 Å². The Bertz CT molecular complexity index is 420. The minimum absolute atomic E-state index is 0.135. The highest BCUT2D eigenvalue weighted by molar-refractivity contribution is 9.10. The number of ether oxygens (including phenoxy) is 1. The SMILES string of the molecule is CCCOc1c([C@@H](C)O)cc(Br)cc1[N+](=O)[O-]. The van der Waals surface area contributed by atoms with Crippen LogP contribution in [-0.2, 0) is 0 Å². The first-order chi connectivity index (χ1) is 7.97. The van der Waals surface area contributed by atoms with Crippen LogP contribution < -0.4 is 4.74 Å². The molecule has 17 heavy (non-hydrogen) atoms. The minimum Gasteiger partial charge on any atom is -0.487 e. The summed E-state index contributed by atoms with van der Waals surface area (Å²) in [5, 5.41) is 20.5. The van der Waals surface area contributed by atoms with Gasteiger partial charge in [0.25, 0.3) is 0 Å². The maximum atomic E-state index is 10.9. The number of aliphatic hydroxyl groups is 1. The summed E-state index contributed by atoms with van der Waals surface area (Å²) in [4.78, 5) is 10.4. The van der Waals surface area contributed by atoms with Crippen molar-refractivity contribution in [1.29, 1.82) is 0 Å². The third kappa shape index (κ3) is 3.41. The highest BCUT2D eigenvalue weighted by atomic mass is 79.9. The summed E-state index contributed by atoms with van der Waals surface area (Å²) >= 11 is 3.18. The van der Waals surface area contributed by atoms with Crippen molar-refractivity contribution in [3.05, 3.63) is 32.3 Å². The number of nitrogens with zero attached hydrogens (tertiary/aromatic N) is 1. The first-order valence-electron chi connectivity index (χ1n) is 5.26. The number of rotatable bonds is 5. The van der Waals surface area contributed by atoms with Crippen LogP contribution in [0.1, 0.15) is 31.9 Å². The van der Waals surface area contributed by atoms with Crippen molar-refractivity contribution in [2.24, 2.45) is 0 Å². The molecule has 5 nitrogen and oxygen atoms in total. The van der Waals surface area contributed by atoms with Gasteiger partial charge in [0.05, 0.1) is 17.6 Å². The van der Waals surface area contributed by atoms with Gasteiger partial charge in [-0.25, -0.2) is 0 Å². The second kappa shape index (κ2) is 5.97. The molecule has 0 spiro atoms. The molecule has 1 atom stereocenters. The van der Waals surface area contributed by atoms with E-state index in [0.717, 1.165) is 6.42 Å². The van der Waals surface area contributed by atoms with Gasteiger partial charge in [-0.2, -0.15) is 0 Å². The topological polar surface area (TPSA) is 72.6 Å². The molecule has 0 fully saturated rings. The lowest BCUT2D eigenvalue weighted by atomic mass is 10.1. The van der Waals surface area contributed by atoms with Gasteiger partial charge >= 0.3 is 5.69 Å². The lowest BCUT2D eigenvalue weighted by molar-refractivity contribution is -0.386. The molecule has 0 saturated heterocycles. The average Bonchev–Trinajstić information content (AvgIpc) is 2.26. The van der Waals surface area contributed by atoms with Crippen LogP contribution in [0.5, 0.6) is 5.75 Å². The van der Waals surface area contributed by atoms with E-state index in [0.29, 0.717) is 16.6 Å². The largest absolute Gasteiger partial charge is 0.487 e. The molecule has 0 aliphatic heterocycles. The van der Waals surface area contributed by atoms with Crippen molar-refractivity contribution in [3.63, 3.8) is 0 Å². The second-order valence-electron chi connectivity index (χ2n) is 3.62. The summed E-state index contributed by atoms with van der Waals surface area (Å²) in [7, 11) is 0. The lowest BCUT2D eigenvalue weighted by Gasteiger charge is -2.13. The van der Waals surface area contributed by atoms with Gasteiger partial charge in [0.1, 0.15) is 0 Å². The normalized spacial score (nSPS) is 12.2. The molecule has 94 valence electrons. The predicted molar refractivity (Wildman–Crippen MR) is 67.2 cm³/mol. The summed E-state index contributed by atoms with van der Waals surface area (Å²) in [5.41, 5.74) is 0.281. The fourth-order valence-corrected chi connectivity index (χ4v) is 1.87. The Morgan fingerprint density at radius 1 is 1.59 bits per heavy atom. The number of hydrogen-bond donors (Lipinski definition) is 1. The molecule has 0 amide bonds. The van der Waals surface area contributed by atoms with Gasteiger partial charge in [-0.15, -0.1) is 0 Å². The van der Waals surface area contributed by atoms with E-state index in [1.54, 1.807) is 13.0 Å². The smallest absolute Gasteiger partial charge is 0.312 e. The monoisotopic (exact) mass is 303 g/mol. The Labute approximate surface area is 108 Å². The quantitative estimate of drug-likeness (QED) is 0.669. The fourth-order valence-electron chi connectivity index (χ4n) is 1.41. The Balaban J connectivity index is 3.31. The molecule has 0 aromatic heterocycles. The standard InChI is InChI=1S/C11H14BrNO4/c1-3-4-17-11-9(7(2)14)5-8(12)6-10(11)13(15)16/h5-7,14H,3-4H2,1-2H3/t7-/m1/s1. The minimum atomic E-state index is -0.821. The van der Waals surface area contributed by atoms with E-state index in [2.05, 4.69) is 15.9 Å². The van der Waals surface area contributed by atoms with Crippen molar-refractivity contribution in [2.75, 3.05) is 6.61 Å². The molecule has 6 heteroatoms. The number of hydrogen-bond acceptors (Lipinski definition) is 4. The first-order valence-corrected chi connectivity index (χ1v) is 6.05. The summed E-state index contributed by atoms with van der Waals surface area (Å²) in [5.74, 6) is 0.148. The maximum absolute atomic E-state index is 10.9. The Hall–Kier alpha value is -1.14. The summed E-state index contributed by atoms with van der Waals surface area (Å²) < 4.78 is 5.92. The van der Waals surface area contributed by atoms with E-state index < -0.39 is 11.0 Å². The highest BCUT2D eigenvalue weighted by Gasteiger charge is 2.22. The molecular weight excluding hydrogens is 290 g/mol. The number of nitro benzene ring substituents is 1. The van der Waals surface area contributed by atoms with Gasteiger partial charge in [0.15, 0.2) is 0 Å². The number of benzene rings is 1. The zero-order chi connectivity index (χ0) is 13.0. The molecule has 1 N–H and O–H groups in total. The molecule has 0 unspecified atom stereocenters. The van der Waals surface area contributed by atoms with E-state index in [1.807, 2.05) is 6.92 Å². The predicted octanol–water partition coefficient (Wildman–Crippen LogP) is 3.20. The average molecular weight is 304 g/mol. The van der Waals surface area contributed by atoms with Crippen molar-refractivity contribution >= 4 is 21.6 Å². The summed E-state index contributed by atoms with van der Waals surface area (Å²) in [6.07, 6.45) is -0.0787. The summed E-state index contributed by atoms with van der Waals surface area (Å²) in [6, 6.07) is 3.00. The Morgan fingerprint density at radius 3 is 2.71 bits per heavy atom. The fraction of sp³-hybridized carbons (Fsp3) is 0.455. The molecule has 0 bridgehead atoms. The van der Waals surface area contributed by atoms with Crippen LogP contribution in [0.4, 0.5) is 5.69 Å². The van der Waals surface area contributed by atoms with Crippen LogP contribution >= 0.6 is 15.9 Å². The highest BCUT2D eigenvalue weighted by Crippen LogP contribution is 2.37. The van der Waals surface area contributed by atoms with Gasteiger partial charge in [-0.1, -0.05) is 22.9 Å². The van der Waals surface area contributed by atoms with Crippen molar-refractivity contribution in [2.45, 2.75) is 26.4 Å². The molecule has 0 aliphatic carbocycles. The number of halogens is 1. The van der Waals surface area contributed by atoms with Crippen LogP contribution in [0.2, 0.25) is 0 Å². The zero-order valence-electron chi connectivity index (χ0n) is 9.64. The van der Waals surface area contributed by atoms with E-state index in [-0.39, 0.29) is 11.4 Å². The van der Waals surface area contributed by atoms with Gasteiger partial charge in [0.2, 0.25) is 5.75 Å². The van der Waals surface area contributed by atoms with Crippen LogP contribution in [0.3, 0.4) is 0 Å². The van der Waals surface area contributed by atoms with Crippen molar-refractivity contribution < 1.29 is 14.8 Å². The first kappa shape index (κ1) is 13.9. The number of aliphatic hydroxyl groups excluding tert-OH is 1. The van der Waals surface area contributed by atoms with Gasteiger partial charge < -0.3 is 9.84 Å². The van der Waals surface area contributed by atoms with Gasteiger partial charge in [0, 0.05) is 16.1 Å². The van der Waals surface area contributed by atoms with E-state index in [9.17, 15) is 15.2 Å².